The van der Waals surface area contributed by atoms with Crippen LogP contribution in [0.3, 0.4) is 0 Å². The van der Waals surface area contributed by atoms with Gasteiger partial charge in [-0.2, -0.15) is 0 Å². The summed E-state index contributed by atoms with van der Waals surface area (Å²) in [6.07, 6.45) is 1.92. The molecule has 1 aromatic rings. The molecule has 0 radical (unpaired) electrons. The largest absolute Gasteiger partial charge is 0.395 e. The number of hydrogen-bond donors (Lipinski definition) is 2. The zero-order valence-corrected chi connectivity index (χ0v) is 14.5. The van der Waals surface area contributed by atoms with Gasteiger partial charge < -0.3 is 10.4 Å². The van der Waals surface area contributed by atoms with Crippen molar-refractivity contribution in [2.45, 2.75) is 38.3 Å². The van der Waals surface area contributed by atoms with Crippen LogP contribution in [-0.4, -0.2) is 46.2 Å². The van der Waals surface area contributed by atoms with Gasteiger partial charge in [0.05, 0.1) is 11.5 Å². The fourth-order valence-electron chi connectivity index (χ4n) is 2.93. The van der Waals surface area contributed by atoms with Crippen LogP contribution in [0.25, 0.3) is 0 Å². The van der Waals surface area contributed by atoms with Gasteiger partial charge in [-0.05, 0) is 38.8 Å². The van der Waals surface area contributed by atoms with Crippen molar-refractivity contribution in [3.8, 4) is 0 Å². The summed E-state index contributed by atoms with van der Waals surface area (Å²) < 4.78 is 0.809. The van der Waals surface area contributed by atoms with Crippen molar-refractivity contribution in [3.63, 3.8) is 0 Å². The highest BCUT2D eigenvalue weighted by Crippen LogP contribution is 2.32. The highest BCUT2D eigenvalue weighted by atomic mass is 79.9. The molecule has 2 rings (SSSR count). The predicted octanol–water partition coefficient (Wildman–Crippen LogP) is 3.00. The van der Waals surface area contributed by atoms with Crippen molar-refractivity contribution in [1.29, 1.82) is 0 Å². The highest BCUT2D eigenvalue weighted by Gasteiger charge is 2.34. The van der Waals surface area contributed by atoms with Crippen LogP contribution in [0.15, 0.2) is 22.7 Å². The van der Waals surface area contributed by atoms with Crippen LogP contribution in [0.4, 0.5) is 11.4 Å². The van der Waals surface area contributed by atoms with E-state index in [9.17, 15) is 15.2 Å². The van der Waals surface area contributed by atoms with Crippen molar-refractivity contribution in [3.05, 3.63) is 32.8 Å². The topological polar surface area (TPSA) is 78.6 Å². The number of piperidine rings is 1. The normalized spacial score (nSPS) is 21.5. The Hall–Kier alpha value is -1.18. The second-order valence-electron chi connectivity index (χ2n) is 6.28. The molecular weight excluding hydrogens is 350 g/mol. The Labute approximate surface area is 138 Å². The molecule has 1 saturated heterocycles. The van der Waals surface area contributed by atoms with Gasteiger partial charge in [0.15, 0.2) is 0 Å². The average molecular weight is 372 g/mol. The number of nitro benzene ring substituents is 1. The summed E-state index contributed by atoms with van der Waals surface area (Å²) in [7, 11) is 0. The number of nitro groups is 1. The molecule has 0 bridgehead atoms. The summed E-state index contributed by atoms with van der Waals surface area (Å²) in [4.78, 5) is 13.0. The van der Waals surface area contributed by atoms with E-state index >= 15 is 0 Å². The van der Waals surface area contributed by atoms with Gasteiger partial charge in [-0.3, -0.25) is 15.0 Å². The van der Waals surface area contributed by atoms with Gasteiger partial charge in [0.2, 0.25) is 0 Å². The first-order valence-corrected chi connectivity index (χ1v) is 8.19. The molecule has 6 nitrogen and oxygen atoms in total. The molecule has 1 fully saturated rings. The van der Waals surface area contributed by atoms with Crippen LogP contribution in [-0.2, 0) is 0 Å². The fourth-order valence-corrected chi connectivity index (χ4v) is 3.29. The van der Waals surface area contributed by atoms with E-state index in [4.69, 9.17) is 0 Å². The third-order valence-corrected chi connectivity index (χ3v) is 4.78. The van der Waals surface area contributed by atoms with E-state index in [0.717, 1.165) is 23.9 Å². The lowest BCUT2D eigenvalue weighted by Gasteiger charge is -2.45. The van der Waals surface area contributed by atoms with Gasteiger partial charge in [-0.25, -0.2) is 0 Å². The van der Waals surface area contributed by atoms with E-state index in [2.05, 4.69) is 40.0 Å². The van der Waals surface area contributed by atoms with E-state index in [1.807, 2.05) is 0 Å². The van der Waals surface area contributed by atoms with Crippen molar-refractivity contribution in [2.75, 3.05) is 25.0 Å². The minimum Gasteiger partial charge on any atom is -0.395 e. The van der Waals surface area contributed by atoms with Crippen LogP contribution >= 0.6 is 15.9 Å². The minimum absolute atomic E-state index is 0.0457. The number of anilines is 1. The quantitative estimate of drug-likeness (QED) is 0.614. The highest BCUT2D eigenvalue weighted by molar-refractivity contribution is 9.10. The molecule has 1 heterocycles. The fraction of sp³-hybridized carbons (Fsp3) is 0.600. The Bertz CT molecular complexity index is 551. The van der Waals surface area contributed by atoms with Crippen LogP contribution in [0.2, 0.25) is 0 Å². The maximum atomic E-state index is 11.2. The smallest absolute Gasteiger partial charge is 0.292 e. The zero-order valence-electron chi connectivity index (χ0n) is 12.9. The summed E-state index contributed by atoms with van der Waals surface area (Å²) in [6.45, 7) is 5.83. The zero-order chi connectivity index (χ0) is 16.3. The Morgan fingerprint density at radius 3 is 2.91 bits per heavy atom. The van der Waals surface area contributed by atoms with Gasteiger partial charge in [-0.15, -0.1) is 0 Å². The summed E-state index contributed by atoms with van der Waals surface area (Å²) in [5, 5.41) is 23.7. The predicted molar refractivity (Wildman–Crippen MR) is 90.2 cm³/mol. The number of likely N-dealkylation sites (tertiary alicyclic amines) is 1. The molecule has 0 spiro atoms. The van der Waals surface area contributed by atoms with Crippen molar-refractivity contribution in [1.82, 2.24) is 4.90 Å². The van der Waals surface area contributed by atoms with Crippen molar-refractivity contribution in [2.24, 2.45) is 0 Å². The molecule has 1 unspecified atom stereocenters. The summed E-state index contributed by atoms with van der Waals surface area (Å²) >= 11 is 3.36. The molecule has 122 valence electrons. The third-order valence-electron chi connectivity index (χ3n) is 4.29. The first kappa shape index (κ1) is 17.2. The molecule has 0 aromatic heterocycles. The molecule has 1 atom stereocenters. The molecular formula is C15H22BrN3O3. The van der Waals surface area contributed by atoms with Gasteiger partial charge in [0.1, 0.15) is 5.69 Å². The van der Waals surface area contributed by atoms with Crippen LogP contribution in [0, 0.1) is 10.1 Å². The standard InChI is InChI=1S/C15H22BrN3O3/c1-15(2)6-5-12(10-18(15)7-8-20)17-13-9-11(16)3-4-14(13)19(21)22/h3-4,9,12,17,20H,5-8,10H2,1-2H3. The number of halogens is 1. The average Bonchev–Trinajstić information content (AvgIpc) is 2.43. The molecule has 1 aliphatic heterocycles. The number of nitrogens with one attached hydrogen (secondary N) is 1. The lowest BCUT2D eigenvalue weighted by Crippen LogP contribution is -2.54. The first-order valence-electron chi connectivity index (χ1n) is 7.40. The second kappa shape index (κ2) is 6.93. The van der Waals surface area contributed by atoms with E-state index < -0.39 is 0 Å². The Morgan fingerprint density at radius 2 is 2.27 bits per heavy atom. The van der Waals surface area contributed by atoms with E-state index in [1.54, 1.807) is 12.1 Å². The SMILES string of the molecule is CC1(C)CCC(Nc2cc(Br)ccc2[N+](=O)[O-])CN1CCO. The number of nitrogens with zero attached hydrogens (tertiary/aromatic N) is 2. The maximum absolute atomic E-state index is 11.2. The monoisotopic (exact) mass is 371 g/mol. The summed E-state index contributed by atoms with van der Waals surface area (Å²) in [6, 6.07) is 5.05. The molecule has 22 heavy (non-hydrogen) atoms. The van der Waals surface area contributed by atoms with E-state index in [1.165, 1.54) is 6.07 Å². The van der Waals surface area contributed by atoms with Crippen molar-refractivity contribution >= 4 is 27.3 Å². The van der Waals surface area contributed by atoms with Gasteiger partial charge in [-0.1, -0.05) is 15.9 Å². The summed E-state index contributed by atoms with van der Waals surface area (Å²) in [5.41, 5.74) is 0.666. The molecule has 0 amide bonds. The van der Waals surface area contributed by atoms with Crippen LogP contribution < -0.4 is 5.32 Å². The van der Waals surface area contributed by atoms with Crippen LogP contribution in [0.5, 0.6) is 0 Å². The van der Waals surface area contributed by atoms with Gasteiger partial charge in [0.25, 0.3) is 5.69 Å². The molecule has 7 heteroatoms. The summed E-state index contributed by atoms with van der Waals surface area (Å²) in [5.74, 6) is 0. The third kappa shape index (κ3) is 3.97. The molecule has 1 aliphatic rings. The molecule has 2 N–H and O–H groups in total. The number of β-amino-alcohol motifs (C(OH)–C–C–N with tert-alkyl or cyclic N) is 1. The lowest BCUT2D eigenvalue weighted by atomic mass is 9.88. The molecule has 0 saturated carbocycles. The Morgan fingerprint density at radius 1 is 1.55 bits per heavy atom. The number of aliphatic hydroxyl groups excluding tert-OH is 1. The Balaban J connectivity index is 2.14. The van der Waals surface area contributed by atoms with E-state index in [-0.39, 0.29) is 28.8 Å². The number of rotatable bonds is 5. The minimum atomic E-state index is -0.368. The first-order chi connectivity index (χ1) is 10.3. The lowest BCUT2D eigenvalue weighted by molar-refractivity contribution is -0.384. The number of benzene rings is 1. The number of hydrogen-bond acceptors (Lipinski definition) is 5. The van der Waals surface area contributed by atoms with Gasteiger partial charge >= 0.3 is 0 Å². The van der Waals surface area contributed by atoms with Gasteiger partial charge in [0, 0.05) is 35.2 Å². The Kier molecular flexibility index (Phi) is 5.41. The second-order valence-corrected chi connectivity index (χ2v) is 7.20. The maximum Gasteiger partial charge on any atom is 0.292 e. The van der Waals surface area contributed by atoms with E-state index in [0.29, 0.717) is 12.2 Å². The molecule has 0 aliphatic carbocycles. The van der Waals surface area contributed by atoms with Crippen molar-refractivity contribution < 1.29 is 10.0 Å². The molecule has 1 aromatic carbocycles. The number of aliphatic hydroxyl groups is 1. The van der Waals surface area contributed by atoms with Crippen LogP contribution in [0.1, 0.15) is 26.7 Å².